The highest BCUT2D eigenvalue weighted by atomic mass is 28.4. The summed E-state index contributed by atoms with van der Waals surface area (Å²) in [6.07, 6.45) is -18.7. The van der Waals surface area contributed by atoms with Gasteiger partial charge in [-0.05, 0) is 6.42 Å². The van der Waals surface area contributed by atoms with Crippen LogP contribution >= 0.6 is 0 Å². The summed E-state index contributed by atoms with van der Waals surface area (Å²) in [5, 5.41) is 0. The van der Waals surface area contributed by atoms with E-state index < -0.39 is 58.9 Å². The lowest BCUT2D eigenvalue weighted by atomic mass is 10.1. The Bertz CT molecular complexity index is 485. The van der Waals surface area contributed by atoms with Crippen LogP contribution in [0.4, 0.5) is 52.7 Å². The van der Waals surface area contributed by atoms with Gasteiger partial charge in [0.2, 0.25) is 0 Å². The molecule has 0 spiro atoms. The quantitative estimate of drug-likeness (QED) is 0.176. The van der Waals surface area contributed by atoms with Crippen molar-refractivity contribution in [1.29, 1.82) is 0 Å². The number of unbranched alkanes of at least 4 members (excludes halogenated alkanes) is 4. The van der Waals surface area contributed by atoms with Crippen LogP contribution in [-0.4, -0.2) is 39.1 Å². The van der Waals surface area contributed by atoms with E-state index in [0.29, 0.717) is 19.3 Å². The van der Waals surface area contributed by atoms with Crippen molar-refractivity contribution >= 4 is 8.80 Å². The fraction of sp³-hybridized carbons (Fsp3) is 1.00. The van der Waals surface area contributed by atoms with E-state index in [0.717, 1.165) is 0 Å². The molecular weight excluding hydrogens is 460 g/mol. The van der Waals surface area contributed by atoms with Crippen LogP contribution < -0.4 is 0 Å². The molecular formula is C13H18F12O3Si. The molecule has 3 nitrogen and oxygen atoms in total. The van der Waals surface area contributed by atoms with Gasteiger partial charge in [0.1, 0.15) is 0 Å². The third-order valence-electron chi connectivity index (χ3n) is 3.29. The van der Waals surface area contributed by atoms with Crippen molar-refractivity contribution in [3.05, 3.63) is 0 Å². The summed E-state index contributed by atoms with van der Waals surface area (Å²) in [4.78, 5) is 0. The predicted molar refractivity (Wildman–Crippen MR) is 75.0 cm³/mol. The second-order valence-corrected chi connectivity index (χ2v) is 8.37. The number of halogens is 12. The topological polar surface area (TPSA) is 27.7 Å². The Hall–Kier alpha value is -0.743. The van der Waals surface area contributed by atoms with Gasteiger partial charge in [-0.3, -0.25) is 8.85 Å². The normalized spacial score (nSPS) is 15.1. The first-order chi connectivity index (χ1) is 12.7. The van der Waals surface area contributed by atoms with Crippen LogP contribution in [0.1, 0.15) is 52.4 Å². The molecule has 176 valence electrons. The monoisotopic (exact) mass is 478 g/mol. The number of alkyl halides is 12. The van der Waals surface area contributed by atoms with Gasteiger partial charge in [-0.1, -0.05) is 32.6 Å². The highest BCUT2D eigenvalue weighted by Crippen LogP contribution is 2.49. The molecule has 0 saturated carbocycles. The van der Waals surface area contributed by atoms with Crippen LogP contribution in [0.25, 0.3) is 0 Å². The van der Waals surface area contributed by atoms with E-state index >= 15 is 0 Å². The molecule has 16 heteroatoms. The van der Waals surface area contributed by atoms with E-state index in [4.69, 9.17) is 0 Å². The molecule has 0 rings (SSSR count). The summed E-state index contributed by atoms with van der Waals surface area (Å²) in [7, 11) is -8.22. The van der Waals surface area contributed by atoms with Gasteiger partial charge in [-0.15, -0.1) is 26.3 Å². The van der Waals surface area contributed by atoms with Crippen LogP contribution in [-0.2, 0) is 13.3 Å². The molecule has 0 unspecified atom stereocenters. The van der Waals surface area contributed by atoms with Crippen LogP contribution in [0.5, 0.6) is 0 Å². The van der Waals surface area contributed by atoms with Crippen LogP contribution in [0.2, 0.25) is 0 Å². The van der Waals surface area contributed by atoms with Gasteiger partial charge < -0.3 is 4.43 Å². The first kappa shape index (κ1) is 28.3. The SMILES string of the molecule is CCCCCCCC(F)(F)O[Si](OC(F)(F)F)(OC(F)(F)F)C(F)(F)C(C)(F)F. The smallest absolute Gasteiger partial charge is 0.309 e. The molecule has 0 aliphatic heterocycles. The molecule has 0 fully saturated rings. The number of hydrogen-bond donors (Lipinski definition) is 0. The summed E-state index contributed by atoms with van der Waals surface area (Å²) in [5.74, 6) is -5.70. The van der Waals surface area contributed by atoms with Gasteiger partial charge >= 0.3 is 39.1 Å². The van der Waals surface area contributed by atoms with Crippen LogP contribution in [0, 0.1) is 0 Å². The average molecular weight is 478 g/mol. The minimum atomic E-state index is -8.22. The summed E-state index contributed by atoms with van der Waals surface area (Å²) in [5.41, 5.74) is -6.52. The minimum Gasteiger partial charge on any atom is -0.309 e. The molecule has 0 aliphatic carbocycles. The van der Waals surface area contributed by atoms with Gasteiger partial charge in [0.15, 0.2) is 0 Å². The fourth-order valence-corrected chi connectivity index (χ4v) is 4.16. The summed E-state index contributed by atoms with van der Waals surface area (Å²) < 4.78 is 165. The molecule has 29 heavy (non-hydrogen) atoms. The molecule has 0 saturated heterocycles. The van der Waals surface area contributed by atoms with Gasteiger partial charge in [-0.2, -0.15) is 17.6 Å². The van der Waals surface area contributed by atoms with E-state index in [1.54, 1.807) is 6.92 Å². The molecule has 0 aliphatic rings. The third kappa shape index (κ3) is 9.29. The average Bonchev–Trinajstić information content (AvgIpc) is 2.41. The maximum Gasteiger partial charge on any atom is 0.598 e. The Morgan fingerprint density at radius 3 is 1.38 bits per heavy atom. The van der Waals surface area contributed by atoms with E-state index in [2.05, 4.69) is 13.3 Å². The van der Waals surface area contributed by atoms with E-state index in [1.165, 1.54) is 0 Å². The number of hydrogen-bond acceptors (Lipinski definition) is 3. The maximum absolute atomic E-state index is 13.9. The molecule has 0 aromatic rings. The van der Waals surface area contributed by atoms with Crippen LogP contribution in [0.3, 0.4) is 0 Å². The van der Waals surface area contributed by atoms with Gasteiger partial charge in [-0.25, -0.2) is 8.78 Å². The van der Waals surface area contributed by atoms with Crippen molar-refractivity contribution in [1.82, 2.24) is 0 Å². The molecule has 0 atom stereocenters. The fourth-order valence-electron chi connectivity index (χ4n) is 2.01. The van der Waals surface area contributed by atoms with E-state index in [-0.39, 0.29) is 6.42 Å². The largest absolute Gasteiger partial charge is 0.598 e. The lowest BCUT2D eigenvalue weighted by Crippen LogP contribution is -2.71. The van der Waals surface area contributed by atoms with Crippen molar-refractivity contribution in [2.24, 2.45) is 0 Å². The predicted octanol–water partition coefficient (Wildman–Crippen LogP) is 6.80. The Kier molecular flexibility index (Phi) is 9.35. The molecule has 0 aromatic heterocycles. The van der Waals surface area contributed by atoms with Crippen molar-refractivity contribution < 1.29 is 66.0 Å². The van der Waals surface area contributed by atoms with Gasteiger partial charge in [0.05, 0.1) is 0 Å². The second kappa shape index (κ2) is 9.59. The zero-order valence-corrected chi connectivity index (χ0v) is 16.0. The summed E-state index contributed by atoms with van der Waals surface area (Å²) in [6.45, 7) is 0.952. The van der Waals surface area contributed by atoms with Crippen LogP contribution in [0.15, 0.2) is 0 Å². The Labute approximate surface area is 158 Å². The zero-order valence-electron chi connectivity index (χ0n) is 15.0. The second-order valence-electron chi connectivity index (χ2n) is 6.02. The molecule has 0 heterocycles. The van der Waals surface area contributed by atoms with Crippen molar-refractivity contribution in [2.75, 3.05) is 0 Å². The molecule has 0 radical (unpaired) electrons. The van der Waals surface area contributed by atoms with E-state index in [9.17, 15) is 52.7 Å². The van der Waals surface area contributed by atoms with Crippen molar-refractivity contribution in [3.63, 3.8) is 0 Å². The lowest BCUT2D eigenvalue weighted by Gasteiger charge is -2.39. The first-order valence-electron chi connectivity index (χ1n) is 8.05. The first-order valence-corrected chi connectivity index (χ1v) is 9.78. The molecule has 0 bridgehead atoms. The number of rotatable bonds is 12. The van der Waals surface area contributed by atoms with Gasteiger partial charge in [0, 0.05) is 13.3 Å². The maximum atomic E-state index is 13.9. The van der Waals surface area contributed by atoms with Gasteiger partial charge in [0.25, 0.3) is 0 Å². The standard InChI is InChI=1S/C13H18F12O3Si/c1-3-4-5-6-7-8-10(16,17)26-29(27-12(20,21)22,28-13(23,24)25)11(18,19)9(2,14)15/h3-8H2,1-2H3. The third-order valence-corrected chi connectivity index (χ3v) is 6.07. The molecule has 0 N–H and O–H groups in total. The van der Waals surface area contributed by atoms with E-state index in [1.807, 2.05) is 0 Å². The Balaban J connectivity index is 6.04. The highest BCUT2D eigenvalue weighted by molar-refractivity contribution is 6.64. The minimum absolute atomic E-state index is 0.00192. The molecule has 0 aromatic carbocycles. The highest BCUT2D eigenvalue weighted by Gasteiger charge is 2.82. The lowest BCUT2D eigenvalue weighted by molar-refractivity contribution is -0.369. The van der Waals surface area contributed by atoms with Crippen molar-refractivity contribution in [2.45, 2.75) is 82.7 Å². The zero-order chi connectivity index (χ0) is 23.4. The molecule has 0 amide bonds. The summed E-state index contributed by atoms with van der Waals surface area (Å²) in [6, 6.07) is 0. The summed E-state index contributed by atoms with van der Waals surface area (Å²) >= 11 is 0. The Morgan fingerprint density at radius 1 is 0.621 bits per heavy atom. The Morgan fingerprint density at radius 2 is 1.03 bits per heavy atom. The van der Waals surface area contributed by atoms with Crippen molar-refractivity contribution in [3.8, 4) is 0 Å².